The summed E-state index contributed by atoms with van der Waals surface area (Å²) < 4.78 is 6.04. The van der Waals surface area contributed by atoms with E-state index in [0.717, 1.165) is 46.7 Å². The molecule has 196 valence electrons. The lowest BCUT2D eigenvalue weighted by Gasteiger charge is -2.38. The maximum atomic E-state index is 9.54. The molecule has 1 unspecified atom stereocenters. The van der Waals surface area contributed by atoms with E-state index in [-0.39, 0.29) is 5.92 Å². The van der Waals surface area contributed by atoms with Crippen molar-refractivity contribution in [2.24, 2.45) is 0 Å². The molecule has 0 bridgehead atoms. The number of rotatable bonds is 7. The number of fused-ring (bicyclic) bond motifs is 1. The number of hydrogen-bond acceptors (Lipinski definition) is 4. The fraction of sp³-hybridized carbons (Fsp3) is 0.229. The number of benzene rings is 4. The number of anilines is 2. The first-order valence-corrected chi connectivity index (χ1v) is 13.6. The van der Waals surface area contributed by atoms with Crippen LogP contribution in [0.15, 0.2) is 96.4 Å². The lowest BCUT2D eigenvalue weighted by molar-refractivity contribution is 0.268. The van der Waals surface area contributed by atoms with E-state index in [1.807, 2.05) is 24.3 Å². The second-order valence-corrected chi connectivity index (χ2v) is 10.2. The van der Waals surface area contributed by atoms with Crippen molar-refractivity contribution >= 4 is 11.4 Å². The van der Waals surface area contributed by atoms with Gasteiger partial charge in [-0.1, -0.05) is 86.6 Å². The highest BCUT2D eigenvalue weighted by Crippen LogP contribution is 2.47. The molecule has 4 heteroatoms. The van der Waals surface area contributed by atoms with Gasteiger partial charge in [0.1, 0.15) is 0 Å². The van der Waals surface area contributed by atoms with Crippen LogP contribution in [0.1, 0.15) is 60.1 Å². The van der Waals surface area contributed by atoms with Gasteiger partial charge >= 0.3 is 0 Å². The number of nitriles is 1. The van der Waals surface area contributed by atoms with E-state index < -0.39 is 0 Å². The molecule has 5 rings (SSSR count). The number of aryl methyl sites for hydroxylation is 1. The smallest absolute Gasteiger partial charge is 0.193 e. The Labute approximate surface area is 232 Å². The Kier molecular flexibility index (Phi) is 7.43. The Morgan fingerprint density at radius 1 is 0.949 bits per heavy atom. The molecule has 1 aliphatic heterocycles. The van der Waals surface area contributed by atoms with Gasteiger partial charge < -0.3 is 15.4 Å². The zero-order valence-electron chi connectivity index (χ0n) is 23.2. The Hall–Kier alpha value is -4.49. The molecule has 0 saturated heterocycles. The predicted molar refractivity (Wildman–Crippen MR) is 160 cm³/mol. The molecule has 0 amide bonds. The third-order valence-electron chi connectivity index (χ3n) is 7.99. The Morgan fingerprint density at radius 3 is 2.31 bits per heavy atom. The molecule has 1 aliphatic rings. The largest absolute Gasteiger partial charge is 0.482 e. The number of allylic oxidation sites excluding steroid dienone is 1. The third-order valence-corrected chi connectivity index (χ3v) is 7.99. The van der Waals surface area contributed by atoms with Crippen LogP contribution < -0.4 is 10.6 Å². The van der Waals surface area contributed by atoms with Crippen LogP contribution in [0.4, 0.5) is 11.4 Å². The van der Waals surface area contributed by atoms with Crippen molar-refractivity contribution in [3.63, 3.8) is 0 Å². The fourth-order valence-corrected chi connectivity index (χ4v) is 5.76. The molecule has 4 nitrogen and oxygen atoms in total. The van der Waals surface area contributed by atoms with E-state index in [4.69, 9.17) is 10.5 Å². The summed E-state index contributed by atoms with van der Waals surface area (Å²) in [7, 11) is 1.76. The quantitative estimate of drug-likeness (QED) is 0.255. The van der Waals surface area contributed by atoms with E-state index >= 15 is 0 Å². The molecule has 4 aromatic rings. The second-order valence-electron chi connectivity index (χ2n) is 10.2. The highest BCUT2D eigenvalue weighted by molar-refractivity contribution is 5.75. The Balaban J connectivity index is 1.58. The van der Waals surface area contributed by atoms with Gasteiger partial charge in [-0.3, -0.25) is 0 Å². The third kappa shape index (κ3) is 4.89. The van der Waals surface area contributed by atoms with Crippen molar-refractivity contribution < 1.29 is 4.74 Å². The Morgan fingerprint density at radius 2 is 1.64 bits per heavy atom. The molecule has 39 heavy (non-hydrogen) atoms. The highest BCUT2D eigenvalue weighted by atomic mass is 16.5. The first-order chi connectivity index (χ1) is 19.0. The maximum Gasteiger partial charge on any atom is 0.193 e. The molecule has 2 N–H and O–H groups in total. The zero-order chi connectivity index (χ0) is 27.5. The lowest BCUT2D eigenvalue weighted by Crippen LogP contribution is -2.31. The SMILES string of the molecule is CCc1cc2c(c(Cc3ccccc3)c1N)C(C)C(C)=C(OC)N2Cc1ccc(-c2ccccc2C#N)cc1. The molecule has 0 radical (unpaired) electrons. The van der Waals surface area contributed by atoms with Gasteiger partial charge in [-0.05, 0) is 76.4 Å². The highest BCUT2D eigenvalue weighted by Gasteiger charge is 2.33. The fourth-order valence-electron chi connectivity index (χ4n) is 5.76. The van der Waals surface area contributed by atoms with Crippen molar-refractivity contribution in [3.05, 3.63) is 130 Å². The molecule has 0 aromatic heterocycles. The summed E-state index contributed by atoms with van der Waals surface area (Å²) in [5.74, 6) is 1.08. The van der Waals surface area contributed by atoms with Crippen LogP contribution in [0.3, 0.4) is 0 Å². The van der Waals surface area contributed by atoms with Crippen molar-refractivity contribution in [1.82, 2.24) is 0 Å². The van der Waals surface area contributed by atoms with E-state index in [9.17, 15) is 5.26 Å². The van der Waals surface area contributed by atoms with Crippen LogP contribution in [-0.4, -0.2) is 7.11 Å². The molecule has 4 aromatic carbocycles. The van der Waals surface area contributed by atoms with Gasteiger partial charge in [0.25, 0.3) is 0 Å². The summed E-state index contributed by atoms with van der Waals surface area (Å²) in [5, 5.41) is 9.54. The van der Waals surface area contributed by atoms with Crippen molar-refractivity contribution in [2.45, 2.75) is 46.1 Å². The summed E-state index contributed by atoms with van der Waals surface area (Å²) in [6.45, 7) is 7.25. The standard InChI is InChI=1S/C35H35N3O/c1-5-27-20-32-33(31(34(27)37)19-25-11-7-6-8-12-25)23(2)24(3)35(39-4)38(32)22-26-15-17-28(18-16-26)30-14-10-9-13-29(30)21-36/h6-18,20,23H,5,19,22,37H2,1-4H3. The monoisotopic (exact) mass is 513 g/mol. The number of hydrogen-bond donors (Lipinski definition) is 1. The van der Waals surface area contributed by atoms with Gasteiger partial charge in [-0.15, -0.1) is 0 Å². The van der Waals surface area contributed by atoms with Crippen molar-refractivity contribution in [3.8, 4) is 17.2 Å². The molecular formula is C35H35N3O. The first-order valence-electron chi connectivity index (χ1n) is 13.6. The van der Waals surface area contributed by atoms with Gasteiger partial charge in [-0.2, -0.15) is 5.26 Å². The van der Waals surface area contributed by atoms with Crippen molar-refractivity contribution in [2.75, 3.05) is 17.7 Å². The van der Waals surface area contributed by atoms with Crippen LogP contribution in [-0.2, 0) is 24.1 Å². The molecule has 1 atom stereocenters. The van der Waals surface area contributed by atoms with Crippen LogP contribution in [0.5, 0.6) is 0 Å². The van der Waals surface area contributed by atoms with Crippen molar-refractivity contribution in [1.29, 1.82) is 5.26 Å². The van der Waals surface area contributed by atoms with E-state index in [1.165, 1.54) is 28.0 Å². The van der Waals surface area contributed by atoms with Crippen LogP contribution in [0.25, 0.3) is 11.1 Å². The van der Waals surface area contributed by atoms with Gasteiger partial charge in [0.2, 0.25) is 0 Å². The lowest BCUT2D eigenvalue weighted by atomic mass is 9.81. The number of nitrogens with zero attached hydrogens (tertiary/aromatic N) is 2. The van der Waals surface area contributed by atoms with Crippen LogP contribution >= 0.6 is 0 Å². The summed E-state index contributed by atoms with van der Waals surface area (Å²) in [6, 6.07) is 31.4. The normalized spacial score (nSPS) is 14.6. The molecule has 0 saturated carbocycles. The average Bonchev–Trinajstić information content (AvgIpc) is 2.98. The van der Waals surface area contributed by atoms with Gasteiger partial charge in [-0.25, -0.2) is 0 Å². The summed E-state index contributed by atoms with van der Waals surface area (Å²) in [4.78, 5) is 2.30. The molecule has 0 spiro atoms. The number of nitrogen functional groups attached to an aromatic ring is 1. The van der Waals surface area contributed by atoms with Gasteiger partial charge in [0.15, 0.2) is 5.88 Å². The Bertz CT molecular complexity index is 1560. The van der Waals surface area contributed by atoms with E-state index in [2.05, 4.69) is 92.4 Å². The van der Waals surface area contributed by atoms with Crippen LogP contribution in [0, 0.1) is 11.3 Å². The molecule has 0 fully saturated rings. The minimum Gasteiger partial charge on any atom is -0.482 e. The predicted octanol–water partition coefficient (Wildman–Crippen LogP) is 7.96. The topological polar surface area (TPSA) is 62.3 Å². The minimum atomic E-state index is 0.183. The first kappa shape index (κ1) is 26.1. The van der Waals surface area contributed by atoms with Crippen LogP contribution in [0.2, 0.25) is 0 Å². The van der Waals surface area contributed by atoms with Gasteiger partial charge in [0, 0.05) is 17.3 Å². The number of nitrogens with two attached hydrogens (primary N) is 1. The second kappa shape index (κ2) is 11.1. The minimum absolute atomic E-state index is 0.183. The van der Waals surface area contributed by atoms with E-state index in [1.54, 1.807) is 7.11 Å². The molecule has 1 heterocycles. The number of methoxy groups -OCH3 is 1. The van der Waals surface area contributed by atoms with E-state index in [0.29, 0.717) is 12.1 Å². The zero-order valence-corrected chi connectivity index (χ0v) is 23.2. The average molecular weight is 514 g/mol. The number of ether oxygens (including phenoxy) is 1. The van der Waals surface area contributed by atoms with Gasteiger partial charge in [0.05, 0.1) is 25.3 Å². The summed E-state index contributed by atoms with van der Waals surface area (Å²) >= 11 is 0. The molecular weight excluding hydrogens is 478 g/mol. The molecule has 0 aliphatic carbocycles. The summed E-state index contributed by atoms with van der Waals surface area (Å²) in [5.41, 5.74) is 18.9. The maximum absolute atomic E-state index is 9.54. The summed E-state index contributed by atoms with van der Waals surface area (Å²) in [6.07, 6.45) is 1.66.